The lowest BCUT2D eigenvalue weighted by Gasteiger charge is -2.27. The van der Waals surface area contributed by atoms with Crippen molar-refractivity contribution in [3.63, 3.8) is 0 Å². The van der Waals surface area contributed by atoms with Gasteiger partial charge < -0.3 is 15.3 Å². The molecule has 1 aromatic rings. The molecule has 1 unspecified atom stereocenters. The van der Waals surface area contributed by atoms with Gasteiger partial charge in [-0.15, -0.1) is 0 Å². The fourth-order valence-corrected chi connectivity index (χ4v) is 4.22. The van der Waals surface area contributed by atoms with Crippen LogP contribution >= 0.6 is 0 Å². The third kappa shape index (κ3) is 3.81. The molecule has 9 nitrogen and oxygen atoms in total. The molecule has 1 aromatic carbocycles. The molecule has 146 valence electrons. The number of nitrogens with zero attached hydrogens (tertiary/aromatic N) is 1. The van der Waals surface area contributed by atoms with Crippen LogP contribution in [0.15, 0.2) is 29.2 Å². The number of rotatable bonds is 5. The molecule has 0 aromatic heterocycles. The summed E-state index contributed by atoms with van der Waals surface area (Å²) in [4.78, 5) is 37.7. The van der Waals surface area contributed by atoms with Gasteiger partial charge in [-0.1, -0.05) is 18.9 Å². The number of aliphatic carboxylic acids is 1. The van der Waals surface area contributed by atoms with Crippen LogP contribution in [0.4, 0.5) is 5.69 Å². The fourth-order valence-electron chi connectivity index (χ4n) is 3.67. The normalized spacial score (nSPS) is 22.0. The lowest BCUT2D eigenvalue weighted by atomic mass is 9.96. The number of nitrogens with one attached hydrogen (secondary N) is 1. The molecular formula is C17H21N3O6S. The van der Waals surface area contributed by atoms with E-state index in [-0.39, 0.29) is 23.8 Å². The number of carbonyl (C=O) groups is 3. The summed E-state index contributed by atoms with van der Waals surface area (Å²) >= 11 is 0. The van der Waals surface area contributed by atoms with E-state index in [1.165, 1.54) is 23.1 Å². The van der Waals surface area contributed by atoms with Gasteiger partial charge in [-0.3, -0.25) is 9.59 Å². The highest BCUT2D eigenvalue weighted by Gasteiger charge is 2.45. The second kappa shape index (κ2) is 6.93. The van der Waals surface area contributed by atoms with Crippen molar-refractivity contribution in [3.8, 4) is 0 Å². The number of hydrogen-bond donors (Lipinski definition) is 3. The first kappa shape index (κ1) is 19.3. The predicted octanol–water partition coefficient (Wildman–Crippen LogP) is 0.200. The van der Waals surface area contributed by atoms with Crippen molar-refractivity contribution in [2.24, 2.45) is 11.1 Å². The predicted molar refractivity (Wildman–Crippen MR) is 95.3 cm³/mol. The van der Waals surface area contributed by atoms with Crippen molar-refractivity contribution in [2.45, 2.75) is 42.5 Å². The van der Waals surface area contributed by atoms with Crippen LogP contribution in [0.3, 0.4) is 0 Å². The van der Waals surface area contributed by atoms with E-state index in [1.807, 2.05) is 0 Å². The van der Waals surface area contributed by atoms with Gasteiger partial charge >= 0.3 is 5.97 Å². The van der Waals surface area contributed by atoms with E-state index in [4.69, 9.17) is 5.14 Å². The average molecular weight is 395 g/mol. The van der Waals surface area contributed by atoms with Gasteiger partial charge in [-0.05, 0) is 31.0 Å². The smallest absolute Gasteiger partial charge is 0.329 e. The van der Waals surface area contributed by atoms with Crippen molar-refractivity contribution < 1.29 is 27.9 Å². The lowest BCUT2D eigenvalue weighted by Crippen LogP contribution is -2.54. The number of carboxylic acid groups (broad SMARTS) is 1. The van der Waals surface area contributed by atoms with Crippen molar-refractivity contribution in [3.05, 3.63) is 24.3 Å². The van der Waals surface area contributed by atoms with E-state index < -0.39 is 33.4 Å². The van der Waals surface area contributed by atoms with E-state index in [9.17, 15) is 27.9 Å². The topological polar surface area (TPSA) is 147 Å². The molecule has 10 heteroatoms. The monoisotopic (exact) mass is 395 g/mol. The summed E-state index contributed by atoms with van der Waals surface area (Å²) in [5, 5.41) is 17.2. The summed E-state index contributed by atoms with van der Waals surface area (Å²) in [6.07, 6.45) is 2.12. The van der Waals surface area contributed by atoms with Crippen LogP contribution in [0.25, 0.3) is 0 Å². The number of hydrogen-bond acceptors (Lipinski definition) is 5. The van der Waals surface area contributed by atoms with E-state index in [2.05, 4.69) is 5.32 Å². The number of carbonyl (C=O) groups excluding carboxylic acids is 2. The molecule has 2 aliphatic rings. The minimum Gasteiger partial charge on any atom is -0.480 e. The second-order valence-corrected chi connectivity index (χ2v) is 8.59. The number of amides is 2. The minimum absolute atomic E-state index is 0.0500. The molecule has 1 atom stereocenters. The third-order valence-electron chi connectivity index (χ3n) is 5.18. The maximum atomic E-state index is 12.6. The van der Waals surface area contributed by atoms with Gasteiger partial charge in [-0.25, -0.2) is 18.4 Å². The Morgan fingerprint density at radius 1 is 1.26 bits per heavy atom. The SMILES string of the molecule is NS(=O)(=O)c1cccc(N2CC(C(=O)NC3(C(=O)O)CCCC3)CC2=O)c1. The summed E-state index contributed by atoms with van der Waals surface area (Å²) in [7, 11) is -3.92. The summed E-state index contributed by atoms with van der Waals surface area (Å²) in [5.41, 5.74) is -0.934. The molecule has 1 aliphatic carbocycles. The maximum absolute atomic E-state index is 12.6. The van der Waals surface area contributed by atoms with Gasteiger partial charge in [-0.2, -0.15) is 0 Å². The second-order valence-electron chi connectivity index (χ2n) is 7.03. The van der Waals surface area contributed by atoms with Crippen LogP contribution in [-0.4, -0.2) is 43.4 Å². The zero-order valence-electron chi connectivity index (χ0n) is 14.6. The molecule has 1 heterocycles. The minimum atomic E-state index is -3.92. The Kier molecular flexibility index (Phi) is 4.96. The van der Waals surface area contributed by atoms with Crippen LogP contribution < -0.4 is 15.4 Å². The van der Waals surface area contributed by atoms with E-state index in [1.54, 1.807) is 6.07 Å². The summed E-state index contributed by atoms with van der Waals surface area (Å²) in [6, 6.07) is 5.62. The molecule has 27 heavy (non-hydrogen) atoms. The van der Waals surface area contributed by atoms with Gasteiger partial charge in [0, 0.05) is 18.7 Å². The molecule has 0 bridgehead atoms. The maximum Gasteiger partial charge on any atom is 0.329 e. The highest BCUT2D eigenvalue weighted by molar-refractivity contribution is 7.89. The number of benzene rings is 1. The molecule has 4 N–H and O–H groups in total. The van der Waals surface area contributed by atoms with Crippen LogP contribution in [0, 0.1) is 5.92 Å². The van der Waals surface area contributed by atoms with Crippen LogP contribution in [0.2, 0.25) is 0 Å². The Morgan fingerprint density at radius 3 is 2.52 bits per heavy atom. The highest BCUT2D eigenvalue weighted by Crippen LogP contribution is 2.32. The lowest BCUT2D eigenvalue weighted by molar-refractivity contribution is -0.148. The fraction of sp³-hybridized carbons (Fsp3) is 0.471. The van der Waals surface area contributed by atoms with E-state index in [0.717, 1.165) is 12.8 Å². The first-order valence-electron chi connectivity index (χ1n) is 8.61. The van der Waals surface area contributed by atoms with Gasteiger partial charge in [0.25, 0.3) is 0 Å². The first-order chi connectivity index (χ1) is 12.6. The van der Waals surface area contributed by atoms with Crippen molar-refractivity contribution in [1.82, 2.24) is 5.32 Å². The van der Waals surface area contributed by atoms with Crippen LogP contribution in [0.5, 0.6) is 0 Å². The van der Waals surface area contributed by atoms with Crippen LogP contribution in [-0.2, 0) is 24.4 Å². The van der Waals surface area contributed by atoms with Crippen molar-refractivity contribution in [2.75, 3.05) is 11.4 Å². The number of nitrogens with two attached hydrogens (primary N) is 1. The summed E-state index contributed by atoms with van der Waals surface area (Å²) in [5.74, 6) is -2.57. The Hall–Kier alpha value is -2.46. The van der Waals surface area contributed by atoms with Gasteiger partial charge in [0.05, 0.1) is 10.8 Å². The summed E-state index contributed by atoms with van der Waals surface area (Å²) in [6.45, 7) is 0.0500. The zero-order valence-corrected chi connectivity index (χ0v) is 15.4. The molecule has 3 rings (SSSR count). The highest BCUT2D eigenvalue weighted by atomic mass is 32.2. The number of carboxylic acids is 1. The molecular weight excluding hydrogens is 374 g/mol. The molecule has 1 saturated carbocycles. The third-order valence-corrected chi connectivity index (χ3v) is 6.09. The zero-order chi connectivity index (χ0) is 19.8. The molecule has 2 fully saturated rings. The van der Waals surface area contributed by atoms with Crippen LogP contribution in [0.1, 0.15) is 32.1 Å². The molecule has 2 amide bonds. The molecule has 0 radical (unpaired) electrons. The van der Waals surface area contributed by atoms with E-state index >= 15 is 0 Å². The Balaban J connectivity index is 1.76. The van der Waals surface area contributed by atoms with Gasteiger partial charge in [0.15, 0.2) is 0 Å². The Morgan fingerprint density at radius 2 is 1.93 bits per heavy atom. The average Bonchev–Trinajstić information content (AvgIpc) is 3.22. The van der Waals surface area contributed by atoms with Crippen molar-refractivity contribution in [1.29, 1.82) is 0 Å². The Bertz CT molecular complexity index is 892. The van der Waals surface area contributed by atoms with Gasteiger partial charge in [0.2, 0.25) is 21.8 Å². The number of sulfonamides is 1. The van der Waals surface area contributed by atoms with Crippen molar-refractivity contribution >= 4 is 33.5 Å². The van der Waals surface area contributed by atoms with Gasteiger partial charge in [0.1, 0.15) is 5.54 Å². The Labute approximate surface area is 156 Å². The summed E-state index contributed by atoms with van der Waals surface area (Å²) < 4.78 is 23.0. The first-order valence-corrected chi connectivity index (χ1v) is 10.2. The largest absolute Gasteiger partial charge is 0.480 e. The van der Waals surface area contributed by atoms with E-state index in [0.29, 0.717) is 18.5 Å². The molecule has 1 aliphatic heterocycles. The number of primary sulfonamides is 1. The molecule has 1 saturated heterocycles. The standard InChI is InChI=1S/C17H21N3O6S/c18-27(25,26)13-5-3-4-12(9-13)20-10-11(8-14(20)21)15(22)19-17(16(23)24)6-1-2-7-17/h3-5,9,11H,1-2,6-8,10H2,(H,19,22)(H,23,24)(H2,18,25,26). The quantitative estimate of drug-likeness (QED) is 0.649. The number of anilines is 1. The molecule has 0 spiro atoms.